The molecule has 4 aromatic rings. The monoisotopic (exact) mass is 450 g/mol. The summed E-state index contributed by atoms with van der Waals surface area (Å²) in [5, 5.41) is 20.7. The maximum absolute atomic E-state index is 9.72. The predicted molar refractivity (Wildman–Crippen MR) is 130 cm³/mol. The molecule has 0 fully saturated rings. The Balaban J connectivity index is 1.72. The second-order valence-electron chi connectivity index (χ2n) is 7.13. The van der Waals surface area contributed by atoms with Gasteiger partial charge in [-0.05, 0) is 58.7 Å². The van der Waals surface area contributed by atoms with Crippen LogP contribution in [0.3, 0.4) is 0 Å². The fourth-order valence-corrected chi connectivity index (χ4v) is 5.48. The van der Waals surface area contributed by atoms with Gasteiger partial charge in [0, 0.05) is 11.1 Å². The maximum Gasteiger partial charge on any atom is 0.126 e. The summed E-state index contributed by atoms with van der Waals surface area (Å²) in [5.74, 6) is 0. The van der Waals surface area contributed by atoms with E-state index >= 15 is 0 Å². The number of benzene rings is 2. The van der Waals surface area contributed by atoms with Gasteiger partial charge in [-0.3, -0.25) is 0 Å². The van der Waals surface area contributed by atoms with Crippen LogP contribution in [0, 0.1) is 36.5 Å². The van der Waals surface area contributed by atoms with Gasteiger partial charge in [-0.1, -0.05) is 60.7 Å². The fraction of sp³-hybridized carbons (Fsp3) is 0.0769. The van der Waals surface area contributed by atoms with E-state index in [-0.39, 0.29) is 0 Å². The molecule has 0 amide bonds. The highest BCUT2D eigenvalue weighted by molar-refractivity contribution is 8.76. The molecule has 0 aliphatic carbocycles. The summed E-state index contributed by atoms with van der Waals surface area (Å²) in [6.45, 7) is 3.83. The minimum absolute atomic E-state index is 0.539. The summed E-state index contributed by atoms with van der Waals surface area (Å²) in [7, 11) is 2.72. The second kappa shape index (κ2) is 9.70. The van der Waals surface area contributed by atoms with Crippen molar-refractivity contribution in [3.63, 3.8) is 0 Å². The van der Waals surface area contributed by atoms with E-state index in [4.69, 9.17) is 9.97 Å². The zero-order chi connectivity index (χ0) is 22.5. The van der Waals surface area contributed by atoms with Crippen molar-refractivity contribution in [2.45, 2.75) is 23.9 Å². The quantitative estimate of drug-likeness (QED) is 0.306. The van der Waals surface area contributed by atoms with Crippen molar-refractivity contribution in [1.82, 2.24) is 9.97 Å². The molecule has 2 aromatic heterocycles. The molecule has 32 heavy (non-hydrogen) atoms. The molecule has 154 valence electrons. The van der Waals surface area contributed by atoms with Crippen molar-refractivity contribution >= 4 is 21.6 Å². The predicted octanol–water partition coefficient (Wildman–Crippen LogP) is 6.97. The first-order chi connectivity index (χ1) is 15.6. The molecule has 4 rings (SSSR count). The van der Waals surface area contributed by atoms with Crippen LogP contribution in [0.2, 0.25) is 0 Å². The van der Waals surface area contributed by atoms with E-state index in [2.05, 4.69) is 12.1 Å². The molecule has 0 N–H and O–H groups in total. The molecule has 2 heterocycles. The molecular formula is C26H18N4S2. The van der Waals surface area contributed by atoms with Crippen LogP contribution in [0.1, 0.15) is 22.3 Å². The zero-order valence-electron chi connectivity index (χ0n) is 17.5. The van der Waals surface area contributed by atoms with E-state index in [0.29, 0.717) is 21.2 Å². The van der Waals surface area contributed by atoms with E-state index in [1.807, 2.05) is 86.6 Å². The lowest BCUT2D eigenvalue weighted by Gasteiger charge is -2.11. The standard InChI is InChI=1S/C26H18N4S2/c1-17-13-23(19-9-5-3-6-10-19)29-25(21(17)15-27)31-32-26-22(16-28)18(2)14-24(30-26)20-11-7-4-8-12-20/h3-14H,1-2H3. The van der Waals surface area contributed by atoms with Crippen molar-refractivity contribution in [1.29, 1.82) is 10.5 Å². The van der Waals surface area contributed by atoms with Gasteiger partial charge in [0.2, 0.25) is 0 Å². The lowest BCUT2D eigenvalue weighted by molar-refractivity contribution is 1.09. The number of hydrogen-bond acceptors (Lipinski definition) is 6. The smallest absolute Gasteiger partial charge is 0.126 e. The average molecular weight is 451 g/mol. The van der Waals surface area contributed by atoms with Gasteiger partial charge in [-0.15, -0.1) is 0 Å². The van der Waals surface area contributed by atoms with Crippen LogP contribution in [0.5, 0.6) is 0 Å². The first-order valence-electron chi connectivity index (χ1n) is 9.89. The van der Waals surface area contributed by atoms with Gasteiger partial charge in [0.15, 0.2) is 0 Å². The highest BCUT2D eigenvalue weighted by Gasteiger charge is 2.16. The van der Waals surface area contributed by atoms with Crippen molar-refractivity contribution in [2.24, 2.45) is 0 Å². The molecule has 0 saturated carbocycles. The second-order valence-corrected chi connectivity index (χ2v) is 9.24. The molecule has 0 aliphatic rings. The third-order valence-corrected chi connectivity index (χ3v) is 7.12. The molecule has 0 atom stereocenters. The number of hydrogen-bond donors (Lipinski definition) is 0. The molecule has 2 aromatic carbocycles. The van der Waals surface area contributed by atoms with Crippen LogP contribution < -0.4 is 0 Å². The van der Waals surface area contributed by atoms with E-state index in [1.165, 1.54) is 21.6 Å². The average Bonchev–Trinajstić information content (AvgIpc) is 2.83. The number of aromatic nitrogens is 2. The normalized spacial score (nSPS) is 10.4. The van der Waals surface area contributed by atoms with Gasteiger partial charge in [0.05, 0.1) is 22.5 Å². The Morgan fingerprint density at radius 1 is 0.625 bits per heavy atom. The summed E-state index contributed by atoms with van der Waals surface area (Å²) in [6, 6.07) is 28.2. The number of aryl methyl sites for hydroxylation is 2. The maximum atomic E-state index is 9.72. The van der Waals surface area contributed by atoms with Gasteiger partial charge >= 0.3 is 0 Å². The van der Waals surface area contributed by atoms with Crippen LogP contribution in [0.4, 0.5) is 0 Å². The number of pyridine rings is 2. The highest BCUT2D eigenvalue weighted by Crippen LogP contribution is 2.41. The first kappa shape index (κ1) is 21.6. The van der Waals surface area contributed by atoms with Crippen molar-refractivity contribution in [2.75, 3.05) is 0 Å². The lowest BCUT2D eigenvalue weighted by atomic mass is 10.1. The molecular weight excluding hydrogens is 432 g/mol. The summed E-state index contributed by atoms with van der Waals surface area (Å²) >= 11 is 0. The van der Waals surface area contributed by atoms with E-state index in [0.717, 1.165) is 33.6 Å². The zero-order valence-corrected chi connectivity index (χ0v) is 19.2. The van der Waals surface area contributed by atoms with Crippen molar-refractivity contribution in [3.05, 3.63) is 95.1 Å². The van der Waals surface area contributed by atoms with Crippen LogP contribution in [0.25, 0.3) is 22.5 Å². The molecule has 0 radical (unpaired) electrons. The molecule has 0 spiro atoms. The Labute approximate surface area is 195 Å². The van der Waals surface area contributed by atoms with Gasteiger partial charge in [-0.2, -0.15) is 10.5 Å². The van der Waals surface area contributed by atoms with Gasteiger partial charge in [0.1, 0.15) is 22.2 Å². The highest BCUT2D eigenvalue weighted by atomic mass is 33.1. The minimum atomic E-state index is 0.539. The Morgan fingerprint density at radius 2 is 1.00 bits per heavy atom. The van der Waals surface area contributed by atoms with Crippen LogP contribution >= 0.6 is 21.6 Å². The van der Waals surface area contributed by atoms with E-state index < -0.39 is 0 Å². The lowest BCUT2D eigenvalue weighted by Crippen LogP contribution is -1.96. The van der Waals surface area contributed by atoms with Crippen LogP contribution in [-0.2, 0) is 0 Å². The number of rotatable bonds is 5. The van der Waals surface area contributed by atoms with Gasteiger partial charge in [0.25, 0.3) is 0 Å². The summed E-state index contributed by atoms with van der Waals surface area (Å²) in [6.07, 6.45) is 0. The van der Waals surface area contributed by atoms with Crippen LogP contribution in [0.15, 0.2) is 82.8 Å². The summed E-state index contributed by atoms with van der Waals surface area (Å²) in [4.78, 5) is 9.51. The fourth-order valence-electron chi connectivity index (χ4n) is 3.27. The molecule has 4 nitrogen and oxygen atoms in total. The molecule has 0 unspecified atom stereocenters. The molecule has 0 saturated heterocycles. The van der Waals surface area contributed by atoms with Crippen molar-refractivity contribution in [3.8, 4) is 34.7 Å². The largest absolute Gasteiger partial charge is 0.239 e. The Bertz CT molecular complexity index is 1250. The van der Waals surface area contributed by atoms with Crippen molar-refractivity contribution < 1.29 is 0 Å². The molecule has 0 bridgehead atoms. The van der Waals surface area contributed by atoms with E-state index in [9.17, 15) is 10.5 Å². The number of nitriles is 2. The topological polar surface area (TPSA) is 73.4 Å². The van der Waals surface area contributed by atoms with Gasteiger partial charge < -0.3 is 0 Å². The summed E-state index contributed by atoms with van der Waals surface area (Å²) < 4.78 is 0. The Morgan fingerprint density at radius 3 is 1.34 bits per heavy atom. The molecule has 6 heteroatoms. The third kappa shape index (κ3) is 4.53. The Hall–Kier alpha value is -3.58. The minimum Gasteiger partial charge on any atom is -0.239 e. The molecule has 0 aliphatic heterocycles. The third-order valence-electron chi connectivity index (χ3n) is 4.93. The van der Waals surface area contributed by atoms with Crippen LogP contribution in [-0.4, -0.2) is 9.97 Å². The number of nitrogens with zero attached hydrogens (tertiary/aromatic N) is 4. The Kier molecular flexibility index (Phi) is 6.56. The SMILES string of the molecule is Cc1cc(-c2ccccc2)nc(SSc2nc(-c3ccccc3)cc(C)c2C#N)c1C#N. The van der Waals surface area contributed by atoms with E-state index in [1.54, 1.807) is 0 Å². The first-order valence-corrected chi connectivity index (χ1v) is 12.0. The van der Waals surface area contributed by atoms with Gasteiger partial charge in [-0.25, -0.2) is 9.97 Å². The summed E-state index contributed by atoms with van der Waals surface area (Å²) in [5.41, 5.74) is 6.42.